The molecule has 8 nitrogen and oxygen atoms in total. The number of hydrogen-bond donors (Lipinski definition) is 2. The first kappa shape index (κ1) is 23.6. The molecule has 0 fully saturated rings. The number of nitrogens with one attached hydrogen (secondary N) is 2. The van der Waals surface area contributed by atoms with Gasteiger partial charge in [-0.3, -0.25) is 25.2 Å². The van der Waals surface area contributed by atoms with Crippen LogP contribution < -0.4 is 16.4 Å². The van der Waals surface area contributed by atoms with E-state index in [0.29, 0.717) is 27.9 Å². The van der Waals surface area contributed by atoms with Crippen LogP contribution in [0, 0.1) is 6.92 Å². The maximum Gasteiger partial charge on any atom is 0.270 e. The van der Waals surface area contributed by atoms with E-state index < -0.39 is 17.4 Å². The van der Waals surface area contributed by atoms with Crippen molar-refractivity contribution in [3.8, 4) is 22.5 Å². The summed E-state index contributed by atoms with van der Waals surface area (Å²) in [4.78, 5) is 42.7. The molecule has 0 atom stereocenters. The molecule has 3 aromatic carbocycles. The van der Waals surface area contributed by atoms with Gasteiger partial charge in [-0.1, -0.05) is 78.4 Å². The lowest BCUT2D eigenvalue weighted by atomic mass is 10.0. The van der Waals surface area contributed by atoms with Crippen LogP contribution in [0.15, 0.2) is 102 Å². The smallest absolute Gasteiger partial charge is 0.270 e. The molecule has 0 spiro atoms. The molecule has 0 unspecified atom stereocenters. The largest absolute Gasteiger partial charge is 0.271 e. The Morgan fingerprint density at radius 1 is 0.784 bits per heavy atom. The van der Waals surface area contributed by atoms with E-state index in [4.69, 9.17) is 4.98 Å². The second kappa shape index (κ2) is 10.2. The van der Waals surface area contributed by atoms with E-state index in [9.17, 15) is 14.4 Å². The molecule has 5 rings (SSSR count). The van der Waals surface area contributed by atoms with Gasteiger partial charge in [0.2, 0.25) is 0 Å². The molecule has 2 N–H and O–H groups in total. The fourth-order valence-electron chi connectivity index (χ4n) is 3.93. The molecule has 0 aliphatic heterocycles. The second-order valence-corrected chi connectivity index (χ2v) is 8.52. The van der Waals surface area contributed by atoms with Gasteiger partial charge in [0, 0.05) is 22.6 Å². The van der Waals surface area contributed by atoms with Crippen LogP contribution in [-0.4, -0.2) is 26.6 Å². The maximum atomic E-state index is 13.1. The summed E-state index contributed by atoms with van der Waals surface area (Å²) in [6, 6.07) is 29.2. The molecular formula is C29H23N5O3. The lowest BCUT2D eigenvalue weighted by molar-refractivity contribution is -0.122. The lowest BCUT2D eigenvalue weighted by Gasteiger charge is -2.12. The monoisotopic (exact) mass is 489 g/mol. The average molecular weight is 490 g/mol. The molecule has 2 heterocycles. The molecule has 0 saturated carbocycles. The minimum absolute atomic E-state index is 0.356. The highest BCUT2D eigenvalue weighted by atomic mass is 16.2. The van der Waals surface area contributed by atoms with E-state index in [2.05, 4.69) is 16.0 Å². The van der Waals surface area contributed by atoms with Crippen LogP contribution in [0.25, 0.3) is 33.4 Å². The molecule has 0 bridgehead atoms. The molecule has 0 aliphatic rings. The zero-order valence-electron chi connectivity index (χ0n) is 20.0. The summed E-state index contributed by atoms with van der Waals surface area (Å²) in [5, 5.41) is 4.93. The maximum absolute atomic E-state index is 13.1. The molecule has 2 amide bonds. The first-order chi connectivity index (χ1) is 18.0. The number of aromatic nitrogens is 3. The zero-order valence-corrected chi connectivity index (χ0v) is 20.0. The number of benzene rings is 3. The molecule has 0 saturated heterocycles. The van der Waals surface area contributed by atoms with Gasteiger partial charge in [0.25, 0.3) is 17.4 Å². The fraction of sp³-hybridized carbons (Fsp3) is 0.0690. The van der Waals surface area contributed by atoms with E-state index >= 15 is 0 Å². The van der Waals surface area contributed by atoms with Crippen molar-refractivity contribution in [2.24, 2.45) is 0 Å². The highest BCUT2D eigenvalue weighted by molar-refractivity contribution is 6.07. The van der Waals surface area contributed by atoms with E-state index in [-0.39, 0.29) is 6.54 Å². The van der Waals surface area contributed by atoms with Gasteiger partial charge in [0.1, 0.15) is 6.54 Å². The van der Waals surface area contributed by atoms with Crippen LogP contribution in [0.3, 0.4) is 0 Å². The van der Waals surface area contributed by atoms with Crippen molar-refractivity contribution in [2.45, 2.75) is 13.5 Å². The van der Waals surface area contributed by atoms with Crippen molar-refractivity contribution in [3.63, 3.8) is 0 Å². The number of carbonyl (C=O) groups is 2. The number of hydrazine groups is 1. The Kier molecular flexibility index (Phi) is 6.54. The van der Waals surface area contributed by atoms with Crippen molar-refractivity contribution in [2.75, 3.05) is 0 Å². The van der Waals surface area contributed by atoms with Crippen molar-refractivity contribution in [3.05, 3.63) is 119 Å². The first-order valence-corrected chi connectivity index (χ1v) is 11.7. The number of nitrogens with zero attached hydrogens (tertiary/aromatic N) is 3. The third-order valence-electron chi connectivity index (χ3n) is 5.85. The summed E-state index contributed by atoms with van der Waals surface area (Å²) in [5.41, 5.74) is 9.45. The summed E-state index contributed by atoms with van der Waals surface area (Å²) < 4.78 is 1.06. The Balaban J connectivity index is 1.34. The summed E-state index contributed by atoms with van der Waals surface area (Å²) in [6.07, 6.45) is 0. The number of para-hydroxylation sites is 1. The van der Waals surface area contributed by atoms with Crippen LogP contribution in [0.4, 0.5) is 0 Å². The van der Waals surface area contributed by atoms with Crippen LogP contribution in [0.1, 0.15) is 15.9 Å². The van der Waals surface area contributed by atoms with Crippen molar-refractivity contribution in [1.29, 1.82) is 0 Å². The molecule has 5 aromatic rings. The summed E-state index contributed by atoms with van der Waals surface area (Å²) in [7, 11) is 0. The van der Waals surface area contributed by atoms with Crippen LogP contribution >= 0.6 is 0 Å². The predicted molar refractivity (Wildman–Crippen MR) is 141 cm³/mol. The van der Waals surface area contributed by atoms with Gasteiger partial charge < -0.3 is 0 Å². The average Bonchev–Trinajstić information content (AvgIpc) is 2.93. The van der Waals surface area contributed by atoms with Crippen LogP contribution in [0.2, 0.25) is 0 Å². The topological polar surface area (TPSA) is 106 Å². The number of carbonyl (C=O) groups excluding carboxylic acids is 2. The van der Waals surface area contributed by atoms with E-state index in [1.165, 1.54) is 6.07 Å². The molecular weight excluding hydrogens is 466 g/mol. The Morgan fingerprint density at radius 2 is 1.49 bits per heavy atom. The van der Waals surface area contributed by atoms with Crippen molar-refractivity contribution >= 4 is 22.7 Å². The number of rotatable bonds is 5. The SMILES string of the molecule is Cc1ccc(-c2cc(C(=O)NNC(=O)Cn3nc(-c4ccccc4)ccc3=O)c3ccccc3n2)cc1. The van der Waals surface area contributed by atoms with Gasteiger partial charge in [0.15, 0.2) is 0 Å². The number of amides is 2. The molecule has 0 radical (unpaired) electrons. The van der Waals surface area contributed by atoms with Gasteiger partial charge >= 0.3 is 0 Å². The van der Waals surface area contributed by atoms with E-state index in [1.54, 1.807) is 18.2 Å². The van der Waals surface area contributed by atoms with Gasteiger partial charge in [-0.05, 0) is 25.1 Å². The molecule has 182 valence electrons. The normalized spacial score (nSPS) is 10.7. The third kappa shape index (κ3) is 5.28. The Hall–Kier alpha value is -5.11. The number of aryl methyl sites for hydroxylation is 1. The van der Waals surface area contributed by atoms with Gasteiger partial charge in [-0.15, -0.1) is 0 Å². The van der Waals surface area contributed by atoms with Gasteiger partial charge in [0.05, 0.1) is 22.5 Å². The summed E-state index contributed by atoms with van der Waals surface area (Å²) in [5.74, 6) is -1.09. The highest BCUT2D eigenvalue weighted by Crippen LogP contribution is 2.25. The molecule has 37 heavy (non-hydrogen) atoms. The lowest BCUT2D eigenvalue weighted by Crippen LogP contribution is -2.44. The molecule has 0 aliphatic carbocycles. The number of pyridine rings is 1. The van der Waals surface area contributed by atoms with Crippen LogP contribution in [-0.2, 0) is 11.3 Å². The van der Waals surface area contributed by atoms with E-state index in [1.807, 2.05) is 79.7 Å². The molecule has 2 aromatic heterocycles. The quantitative estimate of drug-likeness (QED) is 0.364. The van der Waals surface area contributed by atoms with Crippen LogP contribution in [0.5, 0.6) is 0 Å². The Bertz CT molecular complexity index is 1660. The minimum Gasteiger partial charge on any atom is -0.271 e. The zero-order chi connectivity index (χ0) is 25.8. The summed E-state index contributed by atoms with van der Waals surface area (Å²) in [6.45, 7) is 1.65. The highest BCUT2D eigenvalue weighted by Gasteiger charge is 2.15. The van der Waals surface area contributed by atoms with Gasteiger partial charge in [-0.25, -0.2) is 9.67 Å². The standard InChI is InChI=1S/C29H23N5O3/c1-19-11-13-21(14-12-19)26-17-23(22-9-5-6-10-25(22)30-26)29(37)32-31-27(35)18-34-28(36)16-15-24(33-34)20-7-3-2-4-8-20/h2-17H,18H2,1H3,(H,31,35)(H,32,37). The van der Waals surface area contributed by atoms with Crippen molar-refractivity contribution < 1.29 is 9.59 Å². The van der Waals surface area contributed by atoms with Gasteiger partial charge in [-0.2, -0.15) is 5.10 Å². The fourth-order valence-corrected chi connectivity index (χ4v) is 3.93. The molecule has 8 heteroatoms. The minimum atomic E-state index is -0.592. The number of fused-ring (bicyclic) bond motifs is 1. The predicted octanol–water partition coefficient (Wildman–Crippen LogP) is 3.90. The van der Waals surface area contributed by atoms with Crippen molar-refractivity contribution in [1.82, 2.24) is 25.6 Å². The third-order valence-corrected chi connectivity index (χ3v) is 5.85. The van der Waals surface area contributed by atoms with E-state index in [0.717, 1.165) is 21.4 Å². The Labute approximate surface area is 212 Å². The second-order valence-electron chi connectivity index (χ2n) is 8.52. The first-order valence-electron chi connectivity index (χ1n) is 11.7. The summed E-state index contributed by atoms with van der Waals surface area (Å²) >= 11 is 0. The number of hydrogen-bond acceptors (Lipinski definition) is 5. The Morgan fingerprint density at radius 3 is 2.27 bits per heavy atom.